The van der Waals surface area contributed by atoms with E-state index in [4.69, 9.17) is 4.74 Å². The lowest BCUT2D eigenvalue weighted by atomic mass is 10.1. The van der Waals surface area contributed by atoms with Gasteiger partial charge in [0.15, 0.2) is 0 Å². The number of ether oxygens (including phenoxy) is 1. The summed E-state index contributed by atoms with van der Waals surface area (Å²) >= 11 is 0. The van der Waals surface area contributed by atoms with Gasteiger partial charge in [-0.2, -0.15) is 10.1 Å². The Morgan fingerprint density at radius 2 is 1.77 bits per heavy atom. The standard InChI is InChI=1S/C22H16N4O4/c1-15-20(22(27)25(24-15)17-5-3-2-4-6-17)13-16-7-10-19(11-8-16)30-21-12-9-18(14-23-21)26(28)29/h2-14H,1H3. The first-order chi connectivity index (χ1) is 14.5. The van der Waals surface area contributed by atoms with Gasteiger partial charge < -0.3 is 4.74 Å². The number of hydrazone groups is 1. The van der Waals surface area contributed by atoms with Crippen LogP contribution in [-0.4, -0.2) is 21.5 Å². The van der Waals surface area contributed by atoms with E-state index < -0.39 is 4.92 Å². The van der Waals surface area contributed by atoms with Crippen molar-refractivity contribution in [2.75, 3.05) is 5.01 Å². The smallest absolute Gasteiger partial charge is 0.287 e. The summed E-state index contributed by atoms with van der Waals surface area (Å²) < 4.78 is 5.60. The molecule has 2 aromatic carbocycles. The van der Waals surface area contributed by atoms with Crippen LogP contribution in [0, 0.1) is 10.1 Å². The lowest BCUT2D eigenvalue weighted by Crippen LogP contribution is -2.21. The summed E-state index contributed by atoms with van der Waals surface area (Å²) in [5.41, 5.74) is 2.58. The second kappa shape index (κ2) is 7.96. The van der Waals surface area contributed by atoms with Gasteiger partial charge >= 0.3 is 0 Å². The third kappa shape index (κ3) is 3.93. The first-order valence-corrected chi connectivity index (χ1v) is 9.06. The zero-order valence-corrected chi connectivity index (χ0v) is 15.9. The van der Waals surface area contributed by atoms with E-state index in [1.54, 1.807) is 37.3 Å². The van der Waals surface area contributed by atoms with E-state index in [9.17, 15) is 14.9 Å². The number of rotatable bonds is 5. The number of hydrogen-bond donors (Lipinski definition) is 0. The van der Waals surface area contributed by atoms with Crippen molar-refractivity contribution in [3.8, 4) is 11.6 Å². The molecule has 0 radical (unpaired) electrons. The minimum absolute atomic E-state index is 0.105. The molecule has 0 saturated heterocycles. The first-order valence-electron chi connectivity index (χ1n) is 9.06. The number of carbonyl (C=O) groups excluding carboxylic acids is 1. The SMILES string of the molecule is CC1=NN(c2ccccc2)C(=O)C1=Cc1ccc(Oc2ccc([N+](=O)[O-])cn2)cc1. The Kier molecular flexibility index (Phi) is 5.04. The molecule has 8 heteroatoms. The van der Waals surface area contributed by atoms with Crippen LogP contribution >= 0.6 is 0 Å². The Morgan fingerprint density at radius 1 is 1.03 bits per heavy atom. The topological polar surface area (TPSA) is 97.9 Å². The number of para-hydroxylation sites is 1. The highest BCUT2D eigenvalue weighted by atomic mass is 16.6. The van der Waals surface area contributed by atoms with Crippen molar-refractivity contribution in [1.29, 1.82) is 0 Å². The average Bonchev–Trinajstić information content (AvgIpc) is 3.04. The first kappa shape index (κ1) is 19.0. The minimum atomic E-state index is -0.520. The zero-order valence-electron chi connectivity index (χ0n) is 15.9. The Balaban J connectivity index is 1.49. The number of carbonyl (C=O) groups is 1. The maximum atomic E-state index is 12.8. The molecule has 1 aliphatic heterocycles. The summed E-state index contributed by atoms with van der Waals surface area (Å²) in [6.45, 7) is 1.80. The fraction of sp³-hybridized carbons (Fsp3) is 0.0455. The highest BCUT2D eigenvalue weighted by molar-refractivity contribution is 6.32. The van der Waals surface area contributed by atoms with Crippen molar-refractivity contribution in [3.63, 3.8) is 0 Å². The number of amides is 1. The zero-order chi connectivity index (χ0) is 21.1. The molecular weight excluding hydrogens is 384 g/mol. The van der Waals surface area contributed by atoms with Gasteiger partial charge in [0.25, 0.3) is 11.6 Å². The van der Waals surface area contributed by atoms with E-state index in [0.717, 1.165) is 11.8 Å². The van der Waals surface area contributed by atoms with E-state index in [1.807, 2.05) is 30.3 Å². The summed E-state index contributed by atoms with van der Waals surface area (Å²) in [5, 5.41) is 16.4. The highest BCUT2D eigenvalue weighted by Crippen LogP contribution is 2.26. The van der Waals surface area contributed by atoms with Crippen molar-refractivity contribution in [3.05, 3.63) is 94.2 Å². The van der Waals surface area contributed by atoms with Crippen LogP contribution in [-0.2, 0) is 4.79 Å². The number of hydrogen-bond acceptors (Lipinski definition) is 6. The Hall–Kier alpha value is -4.33. The summed E-state index contributed by atoms with van der Waals surface area (Å²) in [6.07, 6.45) is 2.92. The van der Waals surface area contributed by atoms with Gasteiger partial charge in [0, 0.05) is 12.1 Å². The number of benzene rings is 2. The van der Waals surface area contributed by atoms with Crippen LogP contribution in [0.2, 0.25) is 0 Å². The van der Waals surface area contributed by atoms with Gasteiger partial charge in [0.05, 0.1) is 21.9 Å². The van der Waals surface area contributed by atoms with Crippen LogP contribution in [0.3, 0.4) is 0 Å². The van der Waals surface area contributed by atoms with Crippen LogP contribution in [0.25, 0.3) is 6.08 Å². The third-order valence-corrected chi connectivity index (χ3v) is 4.41. The third-order valence-electron chi connectivity index (χ3n) is 4.41. The monoisotopic (exact) mass is 400 g/mol. The molecule has 0 saturated carbocycles. The van der Waals surface area contributed by atoms with E-state index in [2.05, 4.69) is 10.1 Å². The molecule has 0 fully saturated rings. The maximum Gasteiger partial charge on any atom is 0.287 e. The maximum absolute atomic E-state index is 12.8. The van der Waals surface area contributed by atoms with Crippen LogP contribution in [0.5, 0.6) is 11.6 Å². The summed E-state index contributed by atoms with van der Waals surface area (Å²) in [5.74, 6) is 0.584. The molecule has 8 nitrogen and oxygen atoms in total. The Labute approximate surface area is 171 Å². The average molecular weight is 400 g/mol. The van der Waals surface area contributed by atoms with Crippen LogP contribution in [0.1, 0.15) is 12.5 Å². The van der Waals surface area contributed by atoms with E-state index in [0.29, 0.717) is 22.7 Å². The fourth-order valence-electron chi connectivity index (χ4n) is 2.89. The molecule has 30 heavy (non-hydrogen) atoms. The van der Waals surface area contributed by atoms with Gasteiger partial charge in [-0.05, 0) is 42.8 Å². The molecule has 1 aromatic heterocycles. The molecular formula is C22H16N4O4. The fourth-order valence-corrected chi connectivity index (χ4v) is 2.89. The van der Waals surface area contributed by atoms with E-state index in [1.165, 1.54) is 17.1 Å². The van der Waals surface area contributed by atoms with Gasteiger partial charge in [-0.25, -0.2) is 4.98 Å². The largest absolute Gasteiger partial charge is 0.439 e. The predicted molar refractivity (Wildman–Crippen MR) is 112 cm³/mol. The van der Waals surface area contributed by atoms with Crippen molar-refractivity contribution in [2.45, 2.75) is 6.92 Å². The number of aromatic nitrogens is 1. The van der Waals surface area contributed by atoms with Gasteiger partial charge in [-0.15, -0.1) is 0 Å². The molecule has 3 aromatic rings. The van der Waals surface area contributed by atoms with Gasteiger partial charge in [0.1, 0.15) is 11.9 Å². The molecule has 0 spiro atoms. The molecule has 4 rings (SSSR count). The minimum Gasteiger partial charge on any atom is -0.439 e. The van der Waals surface area contributed by atoms with Crippen LogP contribution in [0.15, 0.2) is 83.6 Å². The Bertz CT molecular complexity index is 1150. The van der Waals surface area contributed by atoms with Crippen molar-refractivity contribution in [2.24, 2.45) is 5.10 Å². The molecule has 0 atom stereocenters. The molecule has 0 bridgehead atoms. The molecule has 0 N–H and O–H groups in total. The van der Waals surface area contributed by atoms with Crippen molar-refractivity contribution < 1.29 is 14.5 Å². The van der Waals surface area contributed by atoms with Crippen molar-refractivity contribution in [1.82, 2.24) is 4.98 Å². The van der Waals surface area contributed by atoms with E-state index >= 15 is 0 Å². The molecule has 0 aliphatic carbocycles. The summed E-state index contributed by atoms with van der Waals surface area (Å²) in [6, 6.07) is 19.1. The number of nitro groups is 1. The second-order valence-electron chi connectivity index (χ2n) is 6.48. The van der Waals surface area contributed by atoms with Gasteiger partial charge in [-0.3, -0.25) is 14.9 Å². The van der Waals surface area contributed by atoms with Gasteiger partial charge in [0.2, 0.25) is 5.88 Å². The Morgan fingerprint density at radius 3 is 2.40 bits per heavy atom. The van der Waals surface area contributed by atoms with Gasteiger partial charge in [-0.1, -0.05) is 30.3 Å². The molecule has 1 amide bonds. The molecule has 1 aliphatic rings. The van der Waals surface area contributed by atoms with E-state index in [-0.39, 0.29) is 17.5 Å². The lowest BCUT2D eigenvalue weighted by molar-refractivity contribution is -0.385. The number of nitrogens with zero attached hydrogens (tertiary/aromatic N) is 4. The van der Waals surface area contributed by atoms with Crippen LogP contribution in [0.4, 0.5) is 11.4 Å². The molecule has 0 unspecified atom stereocenters. The normalized spacial score (nSPS) is 14.7. The highest BCUT2D eigenvalue weighted by Gasteiger charge is 2.28. The number of anilines is 1. The lowest BCUT2D eigenvalue weighted by Gasteiger charge is -2.11. The van der Waals surface area contributed by atoms with Crippen molar-refractivity contribution >= 4 is 29.1 Å². The predicted octanol–water partition coefficient (Wildman–Crippen LogP) is 4.59. The second-order valence-corrected chi connectivity index (χ2v) is 6.48. The molecule has 2 heterocycles. The summed E-state index contributed by atoms with van der Waals surface area (Å²) in [4.78, 5) is 26.8. The number of pyridine rings is 1. The molecule has 148 valence electrons. The van der Waals surface area contributed by atoms with Crippen LogP contribution < -0.4 is 9.75 Å². The quantitative estimate of drug-likeness (QED) is 0.354. The summed E-state index contributed by atoms with van der Waals surface area (Å²) in [7, 11) is 0.